The van der Waals surface area contributed by atoms with E-state index in [1.54, 1.807) is 0 Å². The minimum atomic E-state index is -0.288. The molecular formula is C21H28N4O2. The summed E-state index contributed by atoms with van der Waals surface area (Å²) in [6.45, 7) is 8.03. The smallest absolute Gasteiger partial charge is 0.337 e. The molecule has 0 amide bonds. The Hall–Kier alpha value is -2.63. The Balaban J connectivity index is 1.84. The maximum atomic E-state index is 11.7. The number of nitrogens with one attached hydrogen (secondary N) is 1. The van der Waals surface area contributed by atoms with Crippen molar-refractivity contribution in [3.05, 3.63) is 46.6 Å². The van der Waals surface area contributed by atoms with Gasteiger partial charge < -0.3 is 15.0 Å². The Labute approximate surface area is 161 Å². The van der Waals surface area contributed by atoms with Gasteiger partial charge in [0.05, 0.1) is 12.7 Å². The Morgan fingerprint density at radius 3 is 2.78 bits per heavy atom. The summed E-state index contributed by atoms with van der Waals surface area (Å²) in [5.74, 6) is 1.37. The molecule has 1 N–H and O–H groups in total. The van der Waals surface area contributed by atoms with E-state index >= 15 is 0 Å². The summed E-state index contributed by atoms with van der Waals surface area (Å²) in [5.41, 5.74) is 4.08. The van der Waals surface area contributed by atoms with Crippen LogP contribution in [-0.4, -0.2) is 35.6 Å². The number of carbonyl (C=O) groups is 1. The normalized spacial score (nSPS) is 14.4. The van der Waals surface area contributed by atoms with E-state index < -0.39 is 0 Å². The fraction of sp³-hybridized carbons (Fsp3) is 0.476. The first-order chi connectivity index (χ1) is 13.0. The summed E-state index contributed by atoms with van der Waals surface area (Å²) < 4.78 is 4.82. The van der Waals surface area contributed by atoms with Gasteiger partial charge in [0.1, 0.15) is 5.82 Å². The van der Waals surface area contributed by atoms with E-state index in [4.69, 9.17) is 9.72 Å². The number of fused-ring (bicyclic) bond motifs is 1. The van der Waals surface area contributed by atoms with Gasteiger partial charge in [-0.25, -0.2) is 9.78 Å². The third-order valence-electron chi connectivity index (χ3n) is 5.08. The van der Waals surface area contributed by atoms with Crippen LogP contribution in [0.1, 0.15) is 54.4 Å². The quantitative estimate of drug-likeness (QED) is 0.786. The highest BCUT2D eigenvalue weighted by Crippen LogP contribution is 2.26. The van der Waals surface area contributed by atoms with Gasteiger partial charge in [0, 0.05) is 30.9 Å². The third kappa shape index (κ3) is 4.38. The zero-order valence-corrected chi connectivity index (χ0v) is 16.6. The molecule has 1 aliphatic heterocycles. The topological polar surface area (TPSA) is 67.4 Å². The third-order valence-corrected chi connectivity index (χ3v) is 5.08. The predicted octanol–water partition coefficient (Wildman–Crippen LogP) is 3.60. The molecule has 6 heteroatoms. The fourth-order valence-electron chi connectivity index (χ4n) is 3.21. The Kier molecular flexibility index (Phi) is 5.94. The lowest BCUT2D eigenvalue weighted by Crippen LogP contribution is -2.31. The number of methoxy groups -OCH3 is 1. The molecule has 0 aliphatic carbocycles. The largest absolute Gasteiger partial charge is 0.465 e. The van der Waals surface area contributed by atoms with E-state index in [1.807, 2.05) is 18.2 Å². The van der Waals surface area contributed by atoms with Gasteiger partial charge >= 0.3 is 5.97 Å². The molecular weight excluding hydrogens is 340 g/mol. The molecule has 1 aromatic carbocycles. The second-order valence-electron chi connectivity index (χ2n) is 6.99. The number of aromatic nitrogens is 2. The number of ether oxygens (including phenoxy) is 1. The van der Waals surface area contributed by atoms with Gasteiger partial charge in [-0.3, -0.25) is 0 Å². The second kappa shape index (κ2) is 8.37. The molecule has 0 fully saturated rings. The number of aryl methyl sites for hydroxylation is 1. The molecule has 27 heavy (non-hydrogen) atoms. The van der Waals surface area contributed by atoms with Crippen LogP contribution in [0.4, 0.5) is 11.8 Å². The van der Waals surface area contributed by atoms with E-state index in [2.05, 4.69) is 42.0 Å². The molecule has 0 unspecified atom stereocenters. The Morgan fingerprint density at radius 2 is 2.07 bits per heavy atom. The van der Waals surface area contributed by atoms with Crippen LogP contribution in [0.2, 0.25) is 0 Å². The first kappa shape index (κ1) is 19.1. The van der Waals surface area contributed by atoms with E-state index in [1.165, 1.54) is 18.2 Å². The van der Waals surface area contributed by atoms with Crippen molar-refractivity contribution in [3.63, 3.8) is 0 Å². The Morgan fingerprint density at radius 1 is 1.26 bits per heavy atom. The zero-order valence-electron chi connectivity index (χ0n) is 16.6. The van der Waals surface area contributed by atoms with E-state index in [0.29, 0.717) is 17.6 Å². The number of anilines is 2. The van der Waals surface area contributed by atoms with Crippen LogP contribution in [0, 0.1) is 0 Å². The SMILES string of the molecule is CCc1cc(N2CCc3cc(C(=O)OC)ccc3C2)nc(N[C@H](C)CC)n1. The molecule has 1 aliphatic rings. The lowest BCUT2D eigenvalue weighted by Gasteiger charge is -2.30. The lowest BCUT2D eigenvalue weighted by molar-refractivity contribution is 0.0600. The summed E-state index contributed by atoms with van der Waals surface area (Å²) >= 11 is 0. The summed E-state index contributed by atoms with van der Waals surface area (Å²) in [5, 5.41) is 3.39. The average Bonchev–Trinajstić information content (AvgIpc) is 2.71. The molecule has 2 aromatic rings. The number of rotatable bonds is 6. The predicted molar refractivity (Wildman–Crippen MR) is 107 cm³/mol. The first-order valence-corrected chi connectivity index (χ1v) is 9.63. The standard InChI is InChI=1S/C21H28N4O2/c1-5-14(3)22-21-23-18(6-2)12-19(24-21)25-10-9-15-11-16(20(26)27-4)7-8-17(15)13-25/h7-8,11-12,14H,5-6,9-10,13H2,1-4H3,(H,22,23,24)/t14-/m1/s1. The molecule has 0 saturated heterocycles. The van der Waals surface area contributed by atoms with Gasteiger partial charge in [0.2, 0.25) is 5.95 Å². The van der Waals surface area contributed by atoms with Crippen LogP contribution in [0.25, 0.3) is 0 Å². The van der Waals surface area contributed by atoms with Gasteiger partial charge in [0.25, 0.3) is 0 Å². The van der Waals surface area contributed by atoms with Crippen LogP contribution in [0.15, 0.2) is 24.3 Å². The van der Waals surface area contributed by atoms with Crippen molar-refractivity contribution >= 4 is 17.7 Å². The van der Waals surface area contributed by atoms with Crippen LogP contribution < -0.4 is 10.2 Å². The molecule has 0 saturated carbocycles. The second-order valence-corrected chi connectivity index (χ2v) is 6.99. The van der Waals surface area contributed by atoms with Crippen LogP contribution in [0.3, 0.4) is 0 Å². The van der Waals surface area contributed by atoms with Crippen molar-refractivity contribution in [2.24, 2.45) is 0 Å². The van der Waals surface area contributed by atoms with Gasteiger partial charge in [-0.15, -0.1) is 0 Å². The summed E-state index contributed by atoms with van der Waals surface area (Å²) in [4.78, 5) is 23.4. The molecule has 6 nitrogen and oxygen atoms in total. The highest BCUT2D eigenvalue weighted by atomic mass is 16.5. The van der Waals surface area contributed by atoms with Gasteiger partial charge in [0.15, 0.2) is 0 Å². The first-order valence-electron chi connectivity index (χ1n) is 9.63. The van der Waals surface area contributed by atoms with Crippen molar-refractivity contribution in [1.82, 2.24) is 9.97 Å². The lowest BCUT2D eigenvalue weighted by atomic mass is 9.97. The molecule has 3 rings (SSSR count). The Bertz CT molecular complexity index is 822. The van der Waals surface area contributed by atoms with Gasteiger partial charge in [-0.05, 0) is 49.4 Å². The number of hydrogen-bond donors (Lipinski definition) is 1. The molecule has 0 spiro atoms. The van der Waals surface area contributed by atoms with Gasteiger partial charge in [-0.1, -0.05) is 19.9 Å². The van der Waals surface area contributed by atoms with Crippen molar-refractivity contribution in [2.45, 2.75) is 52.6 Å². The summed E-state index contributed by atoms with van der Waals surface area (Å²) in [7, 11) is 1.41. The number of nitrogens with zero attached hydrogens (tertiary/aromatic N) is 3. The molecule has 2 heterocycles. The molecule has 0 bridgehead atoms. The number of benzene rings is 1. The number of hydrogen-bond acceptors (Lipinski definition) is 6. The molecule has 0 radical (unpaired) electrons. The monoisotopic (exact) mass is 368 g/mol. The maximum absolute atomic E-state index is 11.7. The summed E-state index contributed by atoms with van der Waals surface area (Å²) in [6.07, 6.45) is 2.77. The number of esters is 1. The van der Waals surface area contributed by atoms with E-state index in [-0.39, 0.29) is 5.97 Å². The van der Waals surface area contributed by atoms with Gasteiger partial charge in [-0.2, -0.15) is 4.98 Å². The van der Waals surface area contributed by atoms with Crippen LogP contribution >= 0.6 is 0 Å². The van der Waals surface area contributed by atoms with E-state index in [9.17, 15) is 4.79 Å². The van der Waals surface area contributed by atoms with Crippen molar-refractivity contribution < 1.29 is 9.53 Å². The average molecular weight is 368 g/mol. The maximum Gasteiger partial charge on any atom is 0.337 e. The zero-order chi connectivity index (χ0) is 19.4. The number of carbonyl (C=O) groups excluding carboxylic acids is 1. The highest BCUT2D eigenvalue weighted by molar-refractivity contribution is 5.89. The van der Waals surface area contributed by atoms with E-state index in [0.717, 1.165) is 43.9 Å². The molecule has 144 valence electrons. The minimum Gasteiger partial charge on any atom is -0.465 e. The fourth-order valence-corrected chi connectivity index (χ4v) is 3.21. The van der Waals surface area contributed by atoms with Crippen LogP contribution in [-0.2, 0) is 24.1 Å². The minimum absolute atomic E-state index is 0.288. The summed E-state index contributed by atoms with van der Waals surface area (Å²) in [6, 6.07) is 8.22. The van der Waals surface area contributed by atoms with Crippen LogP contribution in [0.5, 0.6) is 0 Å². The molecule has 1 atom stereocenters. The van der Waals surface area contributed by atoms with Crippen molar-refractivity contribution in [1.29, 1.82) is 0 Å². The van der Waals surface area contributed by atoms with Crippen molar-refractivity contribution in [3.8, 4) is 0 Å². The van der Waals surface area contributed by atoms with Crippen molar-refractivity contribution in [2.75, 3.05) is 23.9 Å². The highest BCUT2D eigenvalue weighted by Gasteiger charge is 2.20. The molecule has 1 aromatic heterocycles.